The number of carbonyl (C=O) groups is 1. The summed E-state index contributed by atoms with van der Waals surface area (Å²) in [6.45, 7) is 0. The molecule has 0 aliphatic heterocycles. The molecule has 0 aliphatic rings. The second-order valence-corrected chi connectivity index (χ2v) is 2.77. The van der Waals surface area contributed by atoms with Crippen LogP contribution in [-0.2, 0) is 9.53 Å². The van der Waals surface area contributed by atoms with Crippen LogP contribution in [-0.4, -0.2) is 23.2 Å². The molecule has 0 spiro atoms. The summed E-state index contributed by atoms with van der Waals surface area (Å²) in [6, 6.07) is 3.17. The van der Waals surface area contributed by atoms with Gasteiger partial charge in [-0.25, -0.2) is 9.78 Å². The van der Waals surface area contributed by atoms with Gasteiger partial charge in [-0.3, -0.25) is 0 Å². The Morgan fingerprint density at radius 3 is 2.93 bits per heavy atom. The fraction of sp³-hybridized carbons (Fsp3) is 0.111. The zero-order chi connectivity index (χ0) is 10.6. The zero-order valence-electron chi connectivity index (χ0n) is 7.40. The zero-order valence-corrected chi connectivity index (χ0v) is 8.15. The van der Waals surface area contributed by atoms with Crippen LogP contribution in [0.3, 0.4) is 0 Å². The van der Waals surface area contributed by atoms with Crippen LogP contribution in [0.1, 0.15) is 5.56 Å². The average Bonchev–Trinajstić information content (AvgIpc) is 2.15. The van der Waals surface area contributed by atoms with E-state index in [0.717, 1.165) is 6.26 Å². The summed E-state index contributed by atoms with van der Waals surface area (Å²) >= 11 is 5.73. The van der Waals surface area contributed by atoms with Gasteiger partial charge >= 0.3 is 5.97 Å². The molecule has 14 heavy (non-hydrogen) atoms. The molecule has 1 aromatic heterocycles. The lowest BCUT2D eigenvalue weighted by Crippen LogP contribution is -2.01. The number of carboxylic acid groups (broad SMARTS) is 1. The van der Waals surface area contributed by atoms with Gasteiger partial charge in [0.05, 0.1) is 13.4 Å². The first-order valence-corrected chi connectivity index (χ1v) is 4.11. The van der Waals surface area contributed by atoms with E-state index >= 15 is 0 Å². The smallest absolute Gasteiger partial charge is 0.339 e. The Kier molecular flexibility index (Phi) is 3.48. The maximum absolute atomic E-state index is 10.8. The number of hydrogen-bond acceptors (Lipinski definition) is 3. The van der Waals surface area contributed by atoms with Crippen LogP contribution in [0.4, 0.5) is 0 Å². The van der Waals surface area contributed by atoms with Crippen molar-refractivity contribution < 1.29 is 14.6 Å². The van der Waals surface area contributed by atoms with Crippen molar-refractivity contribution in [2.75, 3.05) is 7.11 Å². The number of carboxylic acids is 1. The SMILES string of the molecule is CO/C=C(\C(=O)O)c1cccnc1Cl. The summed E-state index contributed by atoms with van der Waals surface area (Å²) in [5.74, 6) is -1.11. The minimum absolute atomic E-state index is 0.0226. The lowest BCUT2D eigenvalue weighted by Gasteiger charge is -2.03. The van der Waals surface area contributed by atoms with E-state index in [4.69, 9.17) is 16.7 Å². The highest BCUT2D eigenvalue weighted by atomic mass is 35.5. The van der Waals surface area contributed by atoms with Crippen LogP contribution in [0.15, 0.2) is 24.6 Å². The maximum Gasteiger partial charge on any atom is 0.339 e. The first-order chi connectivity index (χ1) is 6.66. The van der Waals surface area contributed by atoms with E-state index < -0.39 is 5.97 Å². The molecule has 0 unspecified atom stereocenters. The highest BCUT2D eigenvalue weighted by Crippen LogP contribution is 2.21. The van der Waals surface area contributed by atoms with Crippen molar-refractivity contribution in [2.24, 2.45) is 0 Å². The molecule has 0 saturated heterocycles. The van der Waals surface area contributed by atoms with Gasteiger partial charge in [0, 0.05) is 11.8 Å². The molecule has 74 valence electrons. The third-order valence-corrected chi connectivity index (χ3v) is 1.82. The lowest BCUT2D eigenvalue weighted by atomic mass is 10.1. The van der Waals surface area contributed by atoms with E-state index in [-0.39, 0.29) is 10.7 Å². The molecule has 1 aromatic rings. The van der Waals surface area contributed by atoms with Crippen molar-refractivity contribution in [3.05, 3.63) is 35.3 Å². The van der Waals surface area contributed by atoms with Crippen LogP contribution in [0, 0.1) is 0 Å². The Morgan fingerprint density at radius 1 is 1.71 bits per heavy atom. The number of nitrogens with zero attached hydrogens (tertiary/aromatic N) is 1. The number of aromatic nitrogens is 1. The molecule has 0 aromatic carbocycles. The van der Waals surface area contributed by atoms with Crippen LogP contribution in [0.25, 0.3) is 5.57 Å². The molecule has 1 heterocycles. The Balaban J connectivity index is 3.19. The molecule has 0 bridgehead atoms. The van der Waals surface area contributed by atoms with Gasteiger partial charge in [-0.15, -0.1) is 0 Å². The normalized spacial score (nSPS) is 11.1. The quantitative estimate of drug-likeness (QED) is 0.473. The number of hydrogen-bond donors (Lipinski definition) is 1. The number of methoxy groups -OCH3 is 1. The van der Waals surface area contributed by atoms with E-state index in [1.807, 2.05) is 0 Å². The standard InChI is InChI=1S/C9H8ClNO3/c1-14-5-7(9(12)13)6-3-2-4-11-8(6)10/h2-5H,1H3,(H,12,13)/b7-5-. The fourth-order valence-corrected chi connectivity index (χ4v) is 1.16. The Bertz CT molecular complexity index is 376. The van der Waals surface area contributed by atoms with Gasteiger partial charge in [0.25, 0.3) is 0 Å². The second-order valence-electron chi connectivity index (χ2n) is 2.41. The predicted octanol–water partition coefficient (Wildman–Crippen LogP) is 1.81. The third kappa shape index (κ3) is 2.23. The highest BCUT2D eigenvalue weighted by molar-refractivity contribution is 6.33. The molecule has 4 nitrogen and oxygen atoms in total. The molecule has 0 saturated carbocycles. The summed E-state index contributed by atoms with van der Waals surface area (Å²) in [4.78, 5) is 14.6. The molecular formula is C9H8ClNO3. The summed E-state index contributed by atoms with van der Waals surface area (Å²) in [5.41, 5.74) is 0.314. The molecule has 0 atom stereocenters. The number of ether oxygens (including phenoxy) is 1. The van der Waals surface area contributed by atoms with Crippen LogP contribution in [0.2, 0.25) is 5.15 Å². The Hall–Kier alpha value is -1.55. The van der Waals surface area contributed by atoms with Gasteiger partial charge < -0.3 is 9.84 Å². The van der Waals surface area contributed by atoms with Gasteiger partial charge in [0.1, 0.15) is 10.7 Å². The van der Waals surface area contributed by atoms with Gasteiger partial charge in [-0.2, -0.15) is 0 Å². The molecule has 1 rings (SSSR count). The number of halogens is 1. The number of pyridine rings is 1. The average molecular weight is 214 g/mol. The molecular weight excluding hydrogens is 206 g/mol. The van der Waals surface area contributed by atoms with Crippen molar-refractivity contribution in [3.8, 4) is 0 Å². The Morgan fingerprint density at radius 2 is 2.43 bits per heavy atom. The minimum atomic E-state index is -1.11. The van der Waals surface area contributed by atoms with Crippen molar-refractivity contribution in [1.82, 2.24) is 4.98 Å². The molecule has 0 aliphatic carbocycles. The van der Waals surface area contributed by atoms with Gasteiger partial charge in [0.2, 0.25) is 0 Å². The maximum atomic E-state index is 10.8. The summed E-state index contributed by atoms with van der Waals surface area (Å²) in [6.07, 6.45) is 2.60. The summed E-state index contributed by atoms with van der Waals surface area (Å²) in [7, 11) is 1.37. The first kappa shape index (κ1) is 10.5. The molecule has 0 fully saturated rings. The van der Waals surface area contributed by atoms with Crippen LogP contribution < -0.4 is 0 Å². The number of rotatable bonds is 3. The monoisotopic (exact) mass is 213 g/mol. The molecule has 5 heteroatoms. The minimum Gasteiger partial charge on any atom is -0.503 e. The van der Waals surface area contributed by atoms with Crippen LogP contribution >= 0.6 is 11.6 Å². The van der Waals surface area contributed by atoms with Gasteiger partial charge in [-0.1, -0.05) is 11.6 Å². The van der Waals surface area contributed by atoms with Crippen molar-refractivity contribution in [1.29, 1.82) is 0 Å². The van der Waals surface area contributed by atoms with Crippen LogP contribution in [0.5, 0.6) is 0 Å². The largest absolute Gasteiger partial charge is 0.503 e. The summed E-state index contributed by atoms with van der Waals surface area (Å²) < 4.78 is 4.65. The van der Waals surface area contributed by atoms with E-state index in [0.29, 0.717) is 5.56 Å². The van der Waals surface area contributed by atoms with E-state index in [1.54, 1.807) is 12.1 Å². The summed E-state index contributed by atoms with van der Waals surface area (Å²) in [5, 5.41) is 8.98. The first-order valence-electron chi connectivity index (χ1n) is 3.74. The Labute approximate surface area is 85.8 Å². The fourth-order valence-electron chi connectivity index (χ4n) is 0.934. The molecule has 1 N–H and O–H groups in total. The molecule has 0 radical (unpaired) electrons. The van der Waals surface area contributed by atoms with E-state index in [9.17, 15) is 4.79 Å². The topological polar surface area (TPSA) is 59.4 Å². The van der Waals surface area contributed by atoms with E-state index in [2.05, 4.69) is 9.72 Å². The number of aliphatic carboxylic acids is 1. The van der Waals surface area contributed by atoms with E-state index in [1.165, 1.54) is 13.3 Å². The highest BCUT2D eigenvalue weighted by Gasteiger charge is 2.14. The predicted molar refractivity (Wildman–Crippen MR) is 51.9 cm³/mol. The van der Waals surface area contributed by atoms with Gasteiger partial charge in [-0.05, 0) is 12.1 Å². The van der Waals surface area contributed by atoms with Gasteiger partial charge in [0.15, 0.2) is 0 Å². The third-order valence-electron chi connectivity index (χ3n) is 1.52. The second kappa shape index (κ2) is 4.62. The lowest BCUT2D eigenvalue weighted by molar-refractivity contribution is -0.130. The van der Waals surface area contributed by atoms with Crippen molar-refractivity contribution in [2.45, 2.75) is 0 Å². The van der Waals surface area contributed by atoms with Crippen molar-refractivity contribution in [3.63, 3.8) is 0 Å². The van der Waals surface area contributed by atoms with Crippen molar-refractivity contribution >= 4 is 23.1 Å². The molecule has 0 amide bonds.